The van der Waals surface area contributed by atoms with E-state index in [0.29, 0.717) is 82.1 Å². The van der Waals surface area contributed by atoms with E-state index in [1.54, 1.807) is 9.80 Å². The van der Waals surface area contributed by atoms with Crippen LogP contribution in [0.2, 0.25) is 5.02 Å². The van der Waals surface area contributed by atoms with E-state index in [2.05, 4.69) is 65.0 Å². The summed E-state index contributed by atoms with van der Waals surface area (Å²) < 4.78 is 26.4. The number of amides is 2. The minimum absolute atomic E-state index is 0.0133. The predicted octanol–water partition coefficient (Wildman–Crippen LogP) is 7.31. The number of nitrogens with one attached hydrogen (secondary N) is 3. The van der Waals surface area contributed by atoms with Gasteiger partial charge in [-0.05, 0) is 118 Å². The van der Waals surface area contributed by atoms with Crippen molar-refractivity contribution in [2.24, 2.45) is 11.3 Å². The molecule has 2 unspecified atom stereocenters. The predicted molar refractivity (Wildman–Crippen MR) is 302 cm³/mol. The normalized spacial score (nSPS) is 19.7. The molecule has 2 amide bonds. The number of carbonyl (C=O) groups is 2. The van der Waals surface area contributed by atoms with Gasteiger partial charge < -0.3 is 35.5 Å². The summed E-state index contributed by atoms with van der Waals surface area (Å²) >= 11 is 6.40. The van der Waals surface area contributed by atoms with E-state index in [-0.39, 0.29) is 36.9 Å². The topological polar surface area (TPSA) is 229 Å². The number of fused-ring (bicyclic) bond motifs is 3. The van der Waals surface area contributed by atoms with Gasteiger partial charge in [-0.3, -0.25) is 48.0 Å². The summed E-state index contributed by atoms with van der Waals surface area (Å²) in [6, 6.07) is 26.2. The molecule has 18 nitrogen and oxygen atoms in total. The van der Waals surface area contributed by atoms with Crippen LogP contribution in [0.4, 0.5) is 0 Å². The Bertz CT molecular complexity index is 2960. The van der Waals surface area contributed by atoms with Crippen LogP contribution < -0.4 is 16.0 Å². The fourth-order valence-electron chi connectivity index (χ4n) is 11.1. The maximum atomic E-state index is 13.8. The monoisotopic (exact) mass is 1110 g/mol. The smallest absolute Gasteiger partial charge is 0.339 e. The van der Waals surface area contributed by atoms with Gasteiger partial charge in [0.25, 0.3) is 5.91 Å². The second-order valence-corrected chi connectivity index (χ2v) is 25.5. The second kappa shape index (κ2) is 26.1. The SMILES string of the molecule is CC1=C(NC(=O)c2cc(-c3ccc(Cl)c(C)c3)n(Cc3ccc(CNCCCCCNC(=O)CN4CCN(CP(=O)(O)O)CCN(Cc5ccc6cc(C)ccc6n5)CCN(CP(=O)(O)O)CC4)cc3)n2)C2(C)CCC1C2. The number of halogens is 1. The maximum Gasteiger partial charge on any atom is 0.339 e. The lowest BCUT2D eigenvalue weighted by Crippen LogP contribution is -2.48. The van der Waals surface area contributed by atoms with Gasteiger partial charge in [-0.15, -0.1) is 0 Å². The molecule has 5 aromatic rings. The second-order valence-electron chi connectivity index (χ2n) is 21.9. The van der Waals surface area contributed by atoms with Gasteiger partial charge in [0.1, 0.15) is 12.6 Å². The Morgan fingerprint density at radius 3 is 2.04 bits per heavy atom. The number of aryl methyl sites for hydroxylation is 2. The van der Waals surface area contributed by atoms with Crippen LogP contribution in [0, 0.1) is 25.2 Å². The number of benzene rings is 3. The molecule has 77 heavy (non-hydrogen) atoms. The number of nitrogens with zero attached hydrogens (tertiary/aromatic N) is 7. The molecule has 2 atom stereocenters. The first kappa shape index (κ1) is 58.5. The van der Waals surface area contributed by atoms with Gasteiger partial charge in [-0.1, -0.05) is 78.5 Å². The lowest BCUT2D eigenvalue weighted by molar-refractivity contribution is -0.122. The highest BCUT2D eigenvalue weighted by molar-refractivity contribution is 7.51. The number of rotatable bonds is 21. The van der Waals surface area contributed by atoms with Gasteiger partial charge >= 0.3 is 15.2 Å². The number of aromatic nitrogens is 3. The van der Waals surface area contributed by atoms with Crippen LogP contribution in [0.15, 0.2) is 90.1 Å². The number of hydrogen-bond acceptors (Lipinski definition) is 11. The first-order valence-electron chi connectivity index (χ1n) is 26.9. The van der Waals surface area contributed by atoms with Crippen LogP contribution in [-0.4, -0.2) is 150 Å². The Kier molecular flexibility index (Phi) is 19.8. The summed E-state index contributed by atoms with van der Waals surface area (Å²) in [6.45, 7) is 14.1. The van der Waals surface area contributed by atoms with Crippen molar-refractivity contribution < 1.29 is 38.3 Å². The number of carbonyl (C=O) groups excluding carboxylic acids is 2. The first-order chi connectivity index (χ1) is 36.6. The molecule has 3 aromatic carbocycles. The third kappa shape index (κ3) is 16.9. The molecule has 2 bridgehead atoms. The Morgan fingerprint density at radius 1 is 0.740 bits per heavy atom. The molecule has 3 heterocycles. The van der Waals surface area contributed by atoms with Crippen LogP contribution >= 0.6 is 26.8 Å². The summed E-state index contributed by atoms with van der Waals surface area (Å²) in [4.78, 5) is 79.3. The van der Waals surface area contributed by atoms with E-state index in [4.69, 9.17) is 21.7 Å². The summed E-state index contributed by atoms with van der Waals surface area (Å²) in [6.07, 6.45) is 5.10. The largest absolute Gasteiger partial charge is 0.355 e. The van der Waals surface area contributed by atoms with Crippen LogP contribution in [0.25, 0.3) is 22.2 Å². The van der Waals surface area contributed by atoms with Gasteiger partial charge in [0, 0.05) is 99.1 Å². The van der Waals surface area contributed by atoms with Crippen molar-refractivity contribution >= 4 is 49.5 Å². The van der Waals surface area contributed by atoms with E-state index in [1.165, 1.54) is 12.0 Å². The number of unbranched alkanes of at least 4 members (excludes halogenated alkanes) is 2. The summed E-state index contributed by atoms with van der Waals surface area (Å²) in [5, 5.41) is 16.4. The third-order valence-electron chi connectivity index (χ3n) is 15.4. The van der Waals surface area contributed by atoms with Crippen molar-refractivity contribution in [2.45, 2.75) is 85.9 Å². The van der Waals surface area contributed by atoms with E-state index < -0.39 is 27.8 Å². The summed E-state index contributed by atoms with van der Waals surface area (Å²) in [7, 11) is -8.81. The van der Waals surface area contributed by atoms with Crippen molar-refractivity contribution in [2.75, 3.05) is 84.6 Å². The minimum Gasteiger partial charge on any atom is -0.355 e. The molecule has 1 aliphatic heterocycles. The molecule has 1 saturated carbocycles. The Labute approximate surface area is 458 Å². The zero-order valence-corrected chi connectivity index (χ0v) is 47.5. The molecule has 21 heteroatoms. The van der Waals surface area contributed by atoms with E-state index in [0.717, 1.165) is 94.5 Å². The van der Waals surface area contributed by atoms with Gasteiger partial charge in [-0.2, -0.15) is 5.10 Å². The number of pyridine rings is 1. The minimum atomic E-state index is -4.41. The molecule has 1 saturated heterocycles. The van der Waals surface area contributed by atoms with Crippen molar-refractivity contribution in [3.63, 3.8) is 0 Å². The van der Waals surface area contributed by atoms with E-state index in [1.807, 2.05) is 72.0 Å². The zero-order chi connectivity index (χ0) is 54.9. The highest BCUT2D eigenvalue weighted by Crippen LogP contribution is 2.56. The highest BCUT2D eigenvalue weighted by atomic mass is 35.5. The van der Waals surface area contributed by atoms with Crippen molar-refractivity contribution in [3.8, 4) is 11.3 Å². The molecule has 2 aliphatic carbocycles. The zero-order valence-electron chi connectivity index (χ0n) is 45.0. The average Bonchev–Trinajstić information content (AvgIpc) is 4.19. The molecule has 7 N–H and O–H groups in total. The first-order valence-corrected chi connectivity index (χ1v) is 30.9. The molecule has 0 radical (unpaired) electrons. The molecule has 416 valence electrons. The van der Waals surface area contributed by atoms with Crippen molar-refractivity contribution in [1.29, 1.82) is 0 Å². The summed E-state index contributed by atoms with van der Waals surface area (Å²) in [5.74, 6) is 0.170. The summed E-state index contributed by atoms with van der Waals surface area (Å²) in [5.41, 5.74) is 10.5. The molecular formula is C56H77ClN10O8P2. The molecular weight excluding hydrogens is 1040 g/mol. The van der Waals surface area contributed by atoms with Crippen LogP contribution in [0.3, 0.4) is 0 Å². The van der Waals surface area contributed by atoms with Crippen LogP contribution in [0.5, 0.6) is 0 Å². The van der Waals surface area contributed by atoms with Crippen molar-refractivity contribution in [1.82, 2.24) is 50.3 Å². The highest BCUT2D eigenvalue weighted by Gasteiger charge is 2.47. The quantitative estimate of drug-likeness (QED) is 0.0282. The maximum absolute atomic E-state index is 13.8. The fraction of sp³-hybridized carbons (Fsp3) is 0.500. The van der Waals surface area contributed by atoms with Gasteiger partial charge in [0.05, 0.1) is 30.0 Å². The number of allylic oxidation sites excluding steroid dienone is 2. The fourth-order valence-corrected chi connectivity index (χ4v) is 12.9. The lowest BCUT2D eigenvalue weighted by Gasteiger charge is -2.34. The van der Waals surface area contributed by atoms with Crippen molar-refractivity contribution in [3.05, 3.63) is 129 Å². The Hall–Kier alpha value is -4.65. The molecule has 0 spiro atoms. The van der Waals surface area contributed by atoms with E-state index in [9.17, 15) is 38.3 Å². The number of hydrogen-bond donors (Lipinski definition) is 7. The van der Waals surface area contributed by atoms with Crippen LogP contribution in [0.1, 0.15) is 90.8 Å². The van der Waals surface area contributed by atoms with Gasteiger partial charge in [-0.25, -0.2) is 0 Å². The average molecular weight is 1120 g/mol. The third-order valence-corrected chi connectivity index (χ3v) is 17.4. The lowest BCUT2D eigenvalue weighted by atomic mass is 9.85. The van der Waals surface area contributed by atoms with Gasteiger partial charge in [0.15, 0.2) is 5.69 Å². The van der Waals surface area contributed by atoms with Gasteiger partial charge in [0.2, 0.25) is 5.91 Å². The molecule has 3 aliphatic rings. The molecule has 2 fully saturated rings. The van der Waals surface area contributed by atoms with Crippen LogP contribution in [-0.2, 0) is 33.6 Å². The standard InChI is InChI=1S/C56H77ClN10O8P2/c1-40-8-17-50-45(30-40)13-15-48(60-50)36-63-22-26-65(38-76(70,71)72)28-24-64(25-29-66(27-23-63)39-77(73,74)75)37-53(68)59-21-7-5-6-20-58-34-43-9-11-44(12-10-43)35-67-52(46-14-16-49(57)41(2)31-46)32-51(62-67)55(69)61-54-42(3)47-18-19-56(54,4)33-47/h8-17,30-32,47,58H,5-7,18-29,33-39H2,1-4H3,(H,59,68)(H,61,69)(H2,70,71,72)(H2,73,74,75). The molecule has 2 aromatic heterocycles. The molecule has 8 rings (SSSR count). The Balaban J connectivity index is 0.784. The van der Waals surface area contributed by atoms with E-state index >= 15 is 0 Å². The Morgan fingerprint density at radius 2 is 1.39 bits per heavy atom.